The van der Waals surface area contributed by atoms with Crippen LogP contribution in [0.5, 0.6) is 0 Å². The van der Waals surface area contributed by atoms with E-state index < -0.39 is 172 Å². The van der Waals surface area contributed by atoms with Crippen LogP contribution in [0, 0.1) is 34.0 Å². The first-order valence-electron chi connectivity index (χ1n) is 23.4. The number of hydrogen-bond acceptors (Lipinski definition) is 23. The van der Waals surface area contributed by atoms with Crippen LogP contribution >= 0.6 is 0 Å². The number of fused-ring (bicyclic) bond motifs is 3. The second-order valence-electron chi connectivity index (χ2n) is 20.8. The molecule has 0 amide bonds. The Bertz CT molecular complexity index is 1740. The van der Waals surface area contributed by atoms with Gasteiger partial charge in [-0.1, -0.05) is 25.5 Å². The molecule has 4 saturated heterocycles. The Kier molecular flexibility index (Phi) is 15.3. The van der Waals surface area contributed by atoms with E-state index in [-0.39, 0.29) is 23.2 Å². The zero-order valence-corrected chi connectivity index (χ0v) is 37.5. The lowest BCUT2D eigenvalue weighted by Gasteiger charge is -2.64. The van der Waals surface area contributed by atoms with Crippen molar-refractivity contribution in [3.63, 3.8) is 0 Å². The number of carbonyl (C=O) groups excluding carboxylic acids is 1. The van der Waals surface area contributed by atoms with E-state index in [9.17, 15) is 76.3 Å². The van der Waals surface area contributed by atoms with Crippen LogP contribution in [0.4, 0.5) is 0 Å². The summed E-state index contributed by atoms with van der Waals surface area (Å²) in [5, 5.41) is 148. The van der Waals surface area contributed by atoms with Gasteiger partial charge in [0.25, 0.3) is 0 Å². The first-order chi connectivity index (χ1) is 31.7. The van der Waals surface area contributed by atoms with Crippen molar-refractivity contribution in [3.05, 3.63) is 12.2 Å². The predicted octanol–water partition coefficient (Wildman–Crippen LogP) is -5.26. The number of aliphatic hydroxyl groups excluding tert-OH is 14. The molecule has 8 rings (SSSR count). The van der Waals surface area contributed by atoms with Gasteiger partial charge < -0.3 is 109 Å². The maximum atomic E-state index is 14.4. The Labute approximate surface area is 386 Å². The minimum absolute atomic E-state index is 0.118. The van der Waals surface area contributed by atoms with Crippen LogP contribution in [-0.2, 0) is 42.7 Å². The van der Waals surface area contributed by atoms with E-state index in [1.54, 1.807) is 0 Å². The van der Waals surface area contributed by atoms with Crippen LogP contribution in [0.1, 0.15) is 65.2 Å². The summed E-state index contributed by atoms with van der Waals surface area (Å²) in [6.45, 7) is 5.29. The van der Waals surface area contributed by atoms with Crippen LogP contribution in [0.25, 0.3) is 0 Å². The zero-order valence-electron chi connectivity index (χ0n) is 37.5. The molecular formula is C44H70O23. The molecule has 23 heteroatoms. The van der Waals surface area contributed by atoms with Gasteiger partial charge in [0.05, 0.1) is 37.9 Å². The van der Waals surface area contributed by atoms with Crippen molar-refractivity contribution >= 4 is 5.97 Å². The average Bonchev–Trinajstić information content (AvgIpc) is 3.58. The summed E-state index contributed by atoms with van der Waals surface area (Å²) in [6, 6.07) is 0. The highest BCUT2D eigenvalue weighted by atomic mass is 16.8. The normalized spacial score (nSPS) is 54.5. The number of ether oxygens (including phenoxy) is 8. The van der Waals surface area contributed by atoms with Crippen LogP contribution in [0.3, 0.4) is 0 Å². The van der Waals surface area contributed by atoms with Gasteiger partial charge in [-0.05, 0) is 74.5 Å². The lowest BCUT2D eigenvalue weighted by atomic mass is 9.41. The zero-order chi connectivity index (χ0) is 48.7. The molecule has 14 N–H and O–H groups in total. The minimum Gasteiger partial charge on any atom is -0.432 e. The lowest BCUT2D eigenvalue weighted by Crippen LogP contribution is -2.67. The third-order valence-corrected chi connectivity index (χ3v) is 17.0. The van der Waals surface area contributed by atoms with Crippen LogP contribution in [0.15, 0.2) is 12.2 Å². The summed E-state index contributed by atoms with van der Waals surface area (Å²) in [4.78, 5) is 14.4. The Morgan fingerprint density at radius 1 is 0.582 bits per heavy atom. The highest BCUT2D eigenvalue weighted by Gasteiger charge is 2.68. The molecular weight excluding hydrogens is 896 g/mol. The van der Waals surface area contributed by atoms with Crippen LogP contribution in [0.2, 0.25) is 0 Å². The standard InChI is InChI=1S/C44H70O23/c1-16-10-44-8-5-23-42(2,6-4-7-43(23,3)41(59)67-39-34(58)31(55)27(51)21(14-47)63-39)24(44)9-18(17(16)11-44)60-40-36(66-38-33(57)30(54)26(50)20(13-46)62-38)35(28(52)22(15-48)64-40)65-37-32(56)29(53)25(49)19(12-45)61-37/h17-40,45-58H,1,4-15H2,2-3H3. The molecule has 8 fully saturated rings. The van der Waals surface area contributed by atoms with Crippen LogP contribution in [-0.4, -0.2) is 233 Å². The number of aliphatic hydroxyl groups is 14. The SMILES string of the molecule is C=C1CC23CCC4C(C)(C(=O)OC5OC(CO)C(O)C(O)C5O)CCCC4(C)C2CC(OC2OC(CO)C(O)C(OC4OC(CO)C(O)C(O)C4O)C2OC2OC(CO)C(O)C(O)C2O)C1C3. The molecule has 23 nitrogen and oxygen atoms in total. The second-order valence-corrected chi connectivity index (χ2v) is 20.8. The van der Waals surface area contributed by atoms with E-state index >= 15 is 0 Å². The summed E-state index contributed by atoms with van der Waals surface area (Å²) in [5.41, 5.74) is -0.989. The molecule has 384 valence electrons. The van der Waals surface area contributed by atoms with E-state index in [0.717, 1.165) is 12.0 Å². The monoisotopic (exact) mass is 966 g/mol. The number of esters is 1. The molecule has 67 heavy (non-hydrogen) atoms. The molecule has 0 aromatic heterocycles. The van der Waals surface area contributed by atoms with Gasteiger partial charge in [-0.2, -0.15) is 0 Å². The Morgan fingerprint density at radius 3 is 1.60 bits per heavy atom. The van der Waals surface area contributed by atoms with E-state index in [4.69, 9.17) is 37.9 Å². The van der Waals surface area contributed by atoms with E-state index in [1.165, 1.54) is 0 Å². The van der Waals surface area contributed by atoms with Gasteiger partial charge in [0, 0.05) is 5.92 Å². The van der Waals surface area contributed by atoms with Crippen molar-refractivity contribution in [3.8, 4) is 0 Å². The van der Waals surface area contributed by atoms with Crippen molar-refractivity contribution < 1.29 is 114 Å². The fraction of sp³-hybridized carbons (Fsp3) is 0.932. The smallest absolute Gasteiger partial charge is 0.314 e. The Balaban J connectivity index is 1.09. The largest absolute Gasteiger partial charge is 0.432 e. The summed E-state index contributed by atoms with van der Waals surface area (Å²) in [5.74, 6) is -1.31. The van der Waals surface area contributed by atoms with Crippen molar-refractivity contribution in [2.45, 2.75) is 194 Å². The predicted molar refractivity (Wildman–Crippen MR) is 219 cm³/mol. The molecule has 4 heterocycles. The van der Waals surface area contributed by atoms with Crippen LogP contribution < -0.4 is 0 Å². The van der Waals surface area contributed by atoms with Gasteiger partial charge in [0.15, 0.2) is 18.9 Å². The van der Waals surface area contributed by atoms with Crippen molar-refractivity contribution in [2.24, 2.45) is 34.0 Å². The number of carbonyl (C=O) groups is 1. The molecule has 4 aliphatic carbocycles. The fourth-order valence-electron chi connectivity index (χ4n) is 13.4. The topological polar surface area (TPSA) is 374 Å². The maximum Gasteiger partial charge on any atom is 0.314 e. The summed E-state index contributed by atoms with van der Waals surface area (Å²) in [6.07, 6.45) is -30.2. The van der Waals surface area contributed by atoms with Gasteiger partial charge >= 0.3 is 5.97 Å². The fourth-order valence-corrected chi connectivity index (χ4v) is 13.4. The van der Waals surface area contributed by atoms with Gasteiger partial charge in [-0.25, -0.2) is 0 Å². The Hall–Kier alpha value is -1.63. The van der Waals surface area contributed by atoms with Gasteiger partial charge in [0.1, 0.15) is 97.7 Å². The first-order valence-corrected chi connectivity index (χ1v) is 23.4. The lowest BCUT2D eigenvalue weighted by molar-refractivity contribution is -0.397. The first kappa shape index (κ1) is 51.7. The van der Waals surface area contributed by atoms with Gasteiger partial charge in [-0.15, -0.1) is 0 Å². The summed E-state index contributed by atoms with van der Waals surface area (Å²) < 4.78 is 48.1. The van der Waals surface area contributed by atoms with E-state index in [0.29, 0.717) is 44.9 Å². The third-order valence-electron chi connectivity index (χ3n) is 17.0. The molecule has 8 aliphatic rings. The Morgan fingerprint density at radius 2 is 1.06 bits per heavy atom. The van der Waals surface area contributed by atoms with Crippen molar-refractivity contribution in [2.75, 3.05) is 26.4 Å². The molecule has 0 aromatic carbocycles. The molecule has 27 atom stereocenters. The highest BCUT2D eigenvalue weighted by molar-refractivity contribution is 5.77. The quantitative estimate of drug-likeness (QED) is 0.0494. The van der Waals surface area contributed by atoms with E-state index in [1.807, 2.05) is 6.92 Å². The number of rotatable bonds is 12. The molecule has 27 unspecified atom stereocenters. The molecule has 2 bridgehead atoms. The minimum atomic E-state index is -1.96. The van der Waals surface area contributed by atoms with E-state index in [2.05, 4.69) is 13.5 Å². The maximum absolute atomic E-state index is 14.4. The second kappa shape index (κ2) is 19.8. The molecule has 0 aromatic rings. The van der Waals surface area contributed by atoms with Gasteiger partial charge in [-0.3, -0.25) is 4.79 Å². The number of hydrogen-bond donors (Lipinski definition) is 14. The average molecular weight is 967 g/mol. The molecule has 4 saturated carbocycles. The third kappa shape index (κ3) is 8.83. The van der Waals surface area contributed by atoms with Crippen molar-refractivity contribution in [1.82, 2.24) is 0 Å². The summed E-state index contributed by atoms with van der Waals surface area (Å²) in [7, 11) is 0. The van der Waals surface area contributed by atoms with Crippen molar-refractivity contribution in [1.29, 1.82) is 0 Å². The highest BCUT2D eigenvalue weighted by Crippen LogP contribution is 2.72. The molecule has 1 spiro atoms. The molecule has 0 radical (unpaired) electrons. The van der Waals surface area contributed by atoms with Gasteiger partial charge in [0.2, 0.25) is 6.29 Å². The molecule has 4 aliphatic heterocycles. The summed E-state index contributed by atoms with van der Waals surface area (Å²) >= 11 is 0.